The summed E-state index contributed by atoms with van der Waals surface area (Å²) in [6.07, 6.45) is 0.485. The minimum Gasteiger partial charge on any atom is -0.496 e. The molecule has 0 bridgehead atoms. The van der Waals surface area contributed by atoms with Gasteiger partial charge in [0.2, 0.25) is 0 Å². The topological polar surface area (TPSA) is 84.2 Å². The Morgan fingerprint density at radius 3 is 2.80 bits per heavy atom. The van der Waals surface area contributed by atoms with Crippen molar-refractivity contribution in [3.8, 4) is 17.3 Å². The van der Waals surface area contributed by atoms with Gasteiger partial charge < -0.3 is 19.1 Å². The Bertz CT molecular complexity index is 1210. The molecule has 154 valence electrons. The smallest absolute Gasteiger partial charge is 0.274 e. The van der Waals surface area contributed by atoms with E-state index in [1.807, 2.05) is 19.1 Å². The summed E-state index contributed by atoms with van der Waals surface area (Å²) in [6, 6.07) is 13.4. The number of ether oxygens (including phenoxy) is 1. The van der Waals surface area contributed by atoms with Crippen molar-refractivity contribution in [3.63, 3.8) is 0 Å². The van der Waals surface area contributed by atoms with Crippen molar-refractivity contribution in [1.29, 1.82) is 0 Å². The molecule has 0 spiro atoms. The lowest BCUT2D eigenvalue weighted by Crippen LogP contribution is -2.29. The molecule has 1 N–H and O–H groups in total. The number of rotatable bonds is 6. The third-order valence-corrected chi connectivity index (χ3v) is 5.25. The summed E-state index contributed by atoms with van der Waals surface area (Å²) in [7, 11) is 3.31. The SMILES string of the molecule is COc1ccccc1C(=O)N(C)CCc1noc(-c2[nH]c3ccc(C)cc3c2C)n1. The van der Waals surface area contributed by atoms with E-state index in [1.165, 1.54) is 5.56 Å². The maximum atomic E-state index is 12.7. The van der Waals surface area contributed by atoms with E-state index in [4.69, 9.17) is 9.26 Å². The third kappa shape index (κ3) is 3.66. The molecule has 0 aliphatic rings. The standard InChI is InChI=1S/C23H24N4O3/c1-14-9-10-18-17(13-14)15(2)21(24-18)22-25-20(26-30-22)11-12-27(3)23(28)16-7-5-6-8-19(16)29-4/h5-10,13,24H,11-12H2,1-4H3. The average molecular weight is 404 g/mol. The number of likely N-dealkylation sites (N-methyl/N-ethyl adjacent to an activating group) is 1. The van der Waals surface area contributed by atoms with E-state index in [0.29, 0.717) is 36.0 Å². The van der Waals surface area contributed by atoms with Crippen molar-refractivity contribution in [3.05, 3.63) is 65.0 Å². The van der Waals surface area contributed by atoms with Crippen LogP contribution in [0.1, 0.15) is 27.3 Å². The van der Waals surface area contributed by atoms with Gasteiger partial charge in [0.05, 0.1) is 12.7 Å². The Kier molecular flexibility index (Phi) is 5.27. The fraction of sp³-hybridized carbons (Fsp3) is 0.261. The first-order chi connectivity index (χ1) is 14.5. The van der Waals surface area contributed by atoms with Gasteiger partial charge in [-0.05, 0) is 43.7 Å². The fourth-order valence-electron chi connectivity index (χ4n) is 3.51. The largest absolute Gasteiger partial charge is 0.496 e. The highest BCUT2D eigenvalue weighted by Gasteiger charge is 2.19. The van der Waals surface area contributed by atoms with Crippen LogP contribution in [0.3, 0.4) is 0 Å². The van der Waals surface area contributed by atoms with Gasteiger partial charge in [-0.25, -0.2) is 0 Å². The zero-order valence-electron chi connectivity index (χ0n) is 17.5. The predicted octanol–water partition coefficient (Wildman–Crippen LogP) is 4.16. The third-order valence-electron chi connectivity index (χ3n) is 5.25. The number of H-pyrrole nitrogens is 1. The number of amides is 1. The number of para-hydroxylation sites is 1. The van der Waals surface area contributed by atoms with Crippen molar-refractivity contribution < 1.29 is 14.1 Å². The van der Waals surface area contributed by atoms with Gasteiger partial charge in [-0.15, -0.1) is 0 Å². The monoisotopic (exact) mass is 404 g/mol. The molecular weight excluding hydrogens is 380 g/mol. The first-order valence-corrected chi connectivity index (χ1v) is 9.78. The summed E-state index contributed by atoms with van der Waals surface area (Å²) in [5, 5.41) is 5.24. The molecule has 0 atom stereocenters. The normalized spacial score (nSPS) is 11.1. The van der Waals surface area contributed by atoms with E-state index in [9.17, 15) is 4.79 Å². The quantitative estimate of drug-likeness (QED) is 0.522. The summed E-state index contributed by atoms with van der Waals surface area (Å²) in [6.45, 7) is 4.57. The Labute approximate surface area is 174 Å². The Morgan fingerprint density at radius 2 is 2.00 bits per heavy atom. The van der Waals surface area contributed by atoms with Gasteiger partial charge in [0.15, 0.2) is 5.82 Å². The number of aryl methyl sites for hydroxylation is 2. The number of hydrogen-bond acceptors (Lipinski definition) is 5. The molecule has 0 aliphatic carbocycles. The zero-order valence-corrected chi connectivity index (χ0v) is 17.5. The van der Waals surface area contributed by atoms with Crippen LogP contribution < -0.4 is 4.74 Å². The molecule has 4 aromatic rings. The molecule has 0 radical (unpaired) electrons. The van der Waals surface area contributed by atoms with Gasteiger partial charge in [0, 0.05) is 30.9 Å². The first kappa shape index (κ1) is 19.7. The van der Waals surface area contributed by atoms with Gasteiger partial charge in [0.1, 0.15) is 11.4 Å². The maximum Gasteiger partial charge on any atom is 0.274 e. The second-order valence-corrected chi connectivity index (χ2v) is 7.37. The summed E-state index contributed by atoms with van der Waals surface area (Å²) in [5.41, 5.74) is 4.67. The summed E-state index contributed by atoms with van der Waals surface area (Å²) >= 11 is 0. The molecule has 2 aromatic carbocycles. The van der Waals surface area contributed by atoms with E-state index in [0.717, 1.165) is 22.2 Å². The average Bonchev–Trinajstić information content (AvgIpc) is 3.36. The highest BCUT2D eigenvalue weighted by atomic mass is 16.5. The van der Waals surface area contributed by atoms with E-state index >= 15 is 0 Å². The molecule has 0 saturated heterocycles. The van der Waals surface area contributed by atoms with Gasteiger partial charge in [0.25, 0.3) is 11.8 Å². The predicted molar refractivity (Wildman–Crippen MR) is 115 cm³/mol. The number of aromatic amines is 1. The van der Waals surface area contributed by atoms with Gasteiger partial charge in [-0.1, -0.05) is 28.9 Å². The van der Waals surface area contributed by atoms with Crippen LogP contribution in [0.2, 0.25) is 0 Å². The van der Waals surface area contributed by atoms with Crippen LogP contribution >= 0.6 is 0 Å². The number of aromatic nitrogens is 3. The first-order valence-electron chi connectivity index (χ1n) is 9.78. The summed E-state index contributed by atoms with van der Waals surface area (Å²) in [4.78, 5) is 22.2. The number of carbonyl (C=O) groups is 1. The lowest BCUT2D eigenvalue weighted by atomic mass is 10.1. The zero-order chi connectivity index (χ0) is 21.3. The van der Waals surface area contributed by atoms with Crippen LogP contribution in [-0.2, 0) is 6.42 Å². The molecule has 0 fully saturated rings. The van der Waals surface area contributed by atoms with Crippen molar-refractivity contribution in [1.82, 2.24) is 20.0 Å². The number of nitrogens with one attached hydrogen (secondary N) is 1. The van der Waals surface area contributed by atoms with E-state index in [2.05, 4.69) is 40.2 Å². The number of fused-ring (bicyclic) bond motifs is 1. The molecule has 30 heavy (non-hydrogen) atoms. The van der Waals surface area contributed by atoms with E-state index in [-0.39, 0.29) is 5.91 Å². The van der Waals surface area contributed by atoms with Crippen molar-refractivity contribution in [2.45, 2.75) is 20.3 Å². The number of methoxy groups -OCH3 is 1. The van der Waals surface area contributed by atoms with Crippen molar-refractivity contribution in [2.75, 3.05) is 20.7 Å². The number of hydrogen-bond donors (Lipinski definition) is 1. The van der Waals surface area contributed by atoms with Crippen molar-refractivity contribution in [2.24, 2.45) is 0 Å². The minimum atomic E-state index is -0.113. The number of carbonyl (C=O) groups excluding carboxylic acids is 1. The maximum absolute atomic E-state index is 12.7. The Morgan fingerprint density at radius 1 is 1.20 bits per heavy atom. The highest BCUT2D eigenvalue weighted by molar-refractivity contribution is 5.96. The van der Waals surface area contributed by atoms with Crippen LogP contribution in [0.15, 0.2) is 47.0 Å². The second-order valence-electron chi connectivity index (χ2n) is 7.37. The van der Waals surface area contributed by atoms with Gasteiger partial charge in [-0.3, -0.25) is 4.79 Å². The van der Waals surface area contributed by atoms with E-state index < -0.39 is 0 Å². The fourth-order valence-corrected chi connectivity index (χ4v) is 3.51. The minimum absolute atomic E-state index is 0.113. The molecule has 1 amide bonds. The molecule has 7 heteroatoms. The molecular formula is C23H24N4O3. The molecule has 7 nitrogen and oxygen atoms in total. The van der Waals surface area contributed by atoms with Crippen molar-refractivity contribution >= 4 is 16.8 Å². The Balaban J connectivity index is 1.48. The lowest BCUT2D eigenvalue weighted by Gasteiger charge is -2.17. The summed E-state index contributed by atoms with van der Waals surface area (Å²) < 4.78 is 10.8. The lowest BCUT2D eigenvalue weighted by molar-refractivity contribution is 0.0792. The van der Waals surface area contributed by atoms with Crippen LogP contribution in [0.5, 0.6) is 5.75 Å². The second kappa shape index (κ2) is 8.02. The molecule has 2 heterocycles. The van der Waals surface area contributed by atoms with Crippen LogP contribution in [0, 0.1) is 13.8 Å². The van der Waals surface area contributed by atoms with Crippen LogP contribution in [0.4, 0.5) is 0 Å². The van der Waals surface area contributed by atoms with Gasteiger partial charge in [-0.2, -0.15) is 4.98 Å². The van der Waals surface area contributed by atoms with Gasteiger partial charge >= 0.3 is 0 Å². The number of benzene rings is 2. The Hall–Kier alpha value is -3.61. The molecule has 4 rings (SSSR count). The molecule has 0 aliphatic heterocycles. The molecule has 0 unspecified atom stereocenters. The molecule has 2 aromatic heterocycles. The number of nitrogens with zero attached hydrogens (tertiary/aromatic N) is 3. The highest BCUT2D eigenvalue weighted by Crippen LogP contribution is 2.29. The molecule has 0 saturated carbocycles. The van der Waals surface area contributed by atoms with Crippen LogP contribution in [0.25, 0.3) is 22.5 Å². The van der Waals surface area contributed by atoms with E-state index in [1.54, 1.807) is 31.2 Å². The summed E-state index contributed by atoms with van der Waals surface area (Å²) in [5.74, 6) is 1.45. The van der Waals surface area contributed by atoms with Crippen LogP contribution in [-0.4, -0.2) is 46.6 Å².